The number of benzene rings is 1. The minimum atomic E-state index is -0.457. The molecule has 3 rings (SSSR count). The van der Waals surface area contributed by atoms with Crippen molar-refractivity contribution in [3.8, 4) is 34.3 Å². The molecule has 0 fully saturated rings. The fourth-order valence-corrected chi connectivity index (χ4v) is 3.02. The SMILES string of the molecule is Cc1c(Cl)c(C)[n+]([O-])c(Cl)c1-c1noc(-c2cc(O)c(O)c(Cl)c2)n1. The Morgan fingerprint density at radius 1 is 1.16 bits per heavy atom. The number of nitrogens with zero attached hydrogens (tertiary/aromatic N) is 3. The van der Waals surface area contributed by atoms with E-state index in [2.05, 4.69) is 10.1 Å². The average Bonchev–Trinajstić information content (AvgIpc) is 3.05. The maximum absolute atomic E-state index is 12.1. The normalized spacial score (nSPS) is 11.1. The van der Waals surface area contributed by atoms with Gasteiger partial charge >= 0.3 is 0 Å². The summed E-state index contributed by atoms with van der Waals surface area (Å²) in [4.78, 5) is 4.17. The van der Waals surface area contributed by atoms with Crippen molar-refractivity contribution in [2.45, 2.75) is 13.8 Å². The van der Waals surface area contributed by atoms with Gasteiger partial charge in [0.25, 0.3) is 11.0 Å². The smallest absolute Gasteiger partial charge is 0.298 e. The zero-order chi connectivity index (χ0) is 18.5. The second kappa shape index (κ2) is 6.25. The predicted molar refractivity (Wildman–Crippen MR) is 92.0 cm³/mol. The number of rotatable bonds is 2. The molecule has 0 unspecified atom stereocenters. The monoisotopic (exact) mass is 401 g/mol. The molecule has 0 spiro atoms. The Balaban J connectivity index is 2.15. The van der Waals surface area contributed by atoms with Crippen LogP contribution in [0.4, 0.5) is 0 Å². The molecular weight excluding hydrogens is 393 g/mol. The van der Waals surface area contributed by atoms with Crippen LogP contribution >= 0.6 is 34.8 Å². The zero-order valence-corrected chi connectivity index (χ0v) is 15.1. The van der Waals surface area contributed by atoms with Crippen molar-refractivity contribution in [3.05, 3.63) is 43.8 Å². The van der Waals surface area contributed by atoms with Gasteiger partial charge in [-0.25, -0.2) is 0 Å². The summed E-state index contributed by atoms with van der Waals surface area (Å²) in [7, 11) is 0. The zero-order valence-electron chi connectivity index (χ0n) is 12.8. The third kappa shape index (κ3) is 2.84. The minimum Gasteiger partial charge on any atom is -0.617 e. The quantitative estimate of drug-likeness (QED) is 0.290. The number of halogens is 3. The number of hydrogen-bond donors (Lipinski definition) is 2. The van der Waals surface area contributed by atoms with Gasteiger partial charge in [0.1, 0.15) is 10.6 Å². The lowest BCUT2D eigenvalue weighted by Gasteiger charge is -2.10. The number of hydrogen-bond acceptors (Lipinski definition) is 6. The molecule has 3 aromatic rings. The van der Waals surface area contributed by atoms with Crippen LogP contribution in [-0.4, -0.2) is 20.4 Å². The Morgan fingerprint density at radius 3 is 2.48 bits per heavy atom. The van der Waals surface area contributed by atoms with E-state index < -0.39 is 11.5 Å². The van der Waals surface area contributed by atoms with Gasteiger partial charge in [-0.05, 0) is 36.2 Å². The summed E-state index contributed by atoms with van der Waals surface area (Å²) in [6.45, 7) is 3.22. The van der Waals surface area contributed by atoms with E-state index in [4.69, 9.17) is 39.3 Å². The molecule has 7 nitrogen and oxygen atoms in total. The van der Waals surface area contributed by atoms with Crippen molar-refractivity contribution >= 4 is 34.8 Å². The molecule has 0 radical (unpaired) electrons. The maximum Gasteiger partial charge on any atom is 0.298 e. The Kier molecular flexibility index (Phi) is 4.40. The number of phenols is 2. The third-order valence-electron chi connectivity index (χ3n) is 3.65. The summed E-state index contributed by atoms with van der Waals surface area (Å²) >= 11 is 18.1. The molecule has 0 bridgehead atoms. The van der Waals surface area contributed by atoms with Crippen molar-refractivity contribution < 1.29 is 19.5 Å². The van der Waals surface area contributed by atoms with E-state index in [1.54, 1.807) is 13.8 Å². The van der Waals surface area contributed by atoms with E-state index in [1.165, 1.54) is 12.1 Å². The van der Waals surface area contributed by atoms with Crippen LogP contribution in [0.5, 0.6) is 11.5 Å². The van der Waals surface area contributed by atoms with E-state index in [1.807, 2.05) is 0 Å². The maximum atomic E-state index is 12.1. The summed E-state index contributed by atoms with van der Waals surface area (Å²) in [5.74, 6) is -0.835. The van der Waals surface area contributed by atoms with Crippen LogP contribution in [0, 0.1) is 19.1 Å². The van der Waals surface area contributed by atoms with Crippen LogP contribution in [-0.2, 0) is 0 Å². The van der Waals surface area contributed by atoms with Gasteiger partial charge in [0.15, 0.2) is 11.5 Å². The molecule has 10 heteroatoms. The van der Waals surface area contributed by atoms with Crippen molar-refractivity contribution in [2.24, 2.45) is 0 Å². The standard InChI is InChI=1S/C15H10Cl3N3O4/c1-5-10(13(18)21(24)6(2)11(5)17)14-19-15(25-20-14)7-3-8(16)12(23)9(22)4-7/h3-4,22-23H,1-2H3. The molecule has 0 saturated carbocycles. The Morgan fingerprint density at radius 2 is 1.84 bits per heavy atom. The second-order valence-electron chi connectivity index (χ2n) is 5.23. The lowest BCUT2D eigenvalue weighted by atomic mass is 10.1. The van der Waals surface area contributed by atoms with E-state index >= 15 is 0 Å². The van der Waals surface area contributed by atoms with Gasteiger partial charge in [0.05, 0.1) is 5.02 Å². The first-order valence-corrected chi connectivity index (χ1v) is 7.99. The first-order chi connectivity index (χ1) is 11.7. The van der Waals surface area contributed by atoms with Crippen LogP contribution in [0.3, 0.4) is 0 Å². The van der Waals surface area contributed by atoms with E-state index in [-0.39, 0.29) is 43.7 Å². The predicted octanol–water partition coefficient (Wildman–Crippen LogP) is 4.03. The molecule has 0 saturated heterocycles. The van der Waals surface area contributed by atoms with E-state index in [0.29, 0.717) is 10.3 Å². The fraction of sp³-hybridized carbons (Fsp3) is 0.133. The highest BCUT2D eigenvalue weighted by Crippen LogP contribution is 2.38. The van der Waals surface area contributed by atoms with Crippen molar-refractivity contribution in [1.29, 1.82) is 0 Å². The molecule has 25 heavy (non-hydrogen) atoms. The second-order valence-corrected chi connectivity index (χ2v) is 6.38. The fourth-order valence-electron chi connectivity index (χ4n) is 2.28. The number of pyridine rings is 1. The first kappa shape index (κ1) is 17.6. The molecule has 1 aromatic carbocycles. The Hall–Kier alpha value is -2.22. The van der Waals surface area contributed by atoms with Gasteiger partial charge < -0.3 is 19.9 Å². The molecule has 2 heterocycles. The van der Waals surface area contributed by atoms with Crippen LogP contribution in [0.1, 0.15) is 11.3 Å². The van der Waals surface area contributed by atoms with Crippen LogP contribution < -0.4 is 4.73 Å². The molecule has 0 aliphatic heterocycles. The largest absolute Gasteiger partial charge is 0.617 e. The number of phenolic OH excluding ortho intramolecular Hbond substituents is 2. The molecule has 2 aromatic heterocycles. The lowest BCUT2D eigenvalue weighted by molar-refractivity contribution is -0.609. The lowest BCUT2D eigenvalue weighted by Crippen LogP contribution is -2.33. The van der Waals surface area contributed by atoms with Crippen LogP contribution in [0.15, 0.2) is 16.7 Å². The summed E-state index contributed by atoms with van der Waals surface area (Å²) in [5, 5.41) is 35.1. The molecule has 0 aliphatic carbocycles. The van der Waals surface area contributed by atoms with Crippen molar-refractivity contribution in [1.82, 2.24) is 10.1 Å². The first-order valence-electron chi connectivity index (χ1n) is 6.86. The third-order valence-corrected chi connectivity index (χ3v) is 4.84. The molecule has 130 valence electrons. The summed E-state index contributed by atoms with van der Waals surface area (Å²) in [6, 6.07) is 2.56. The molecule has 0 atom stereocenters. The van der Waals surface area contributed by atoms with Gasteiger partial charge in [0.2, 0.25) is 11.5 Å². The summed E-state index contributed by atoms with van der Waals surface area (Å²) < 4.78 is 5.63. The Labute approximate surface area is 156 Å². The molecule has 0 amide bonds. The van der Waals surface area contributed by atoms with Gasteiger partial charge in [-0.15, -0.1) is 0 Å². The van der Waals surface area contributed by atoms with Crippen molar-refractivity contribution in [2.75, 3.05) is 0 Å². The average molecular weight is 403 g/mol. The van der Waals surface area contributed by atoms with Gasteiger partial charge in [0, 0.05) is 12.5 Å². The molecule has 2 N–H and O–H groups in total. The Bertz CT molecular complexity index is 952. The van der Waals surface area contributed by atoms with E-state index in [0.717, 1.165) is 0 Å². The topological polar surface area (TPSA) is 106 Å². The van der Waals surface area contributed by atoms with Gasteiger partial charge in [-0.2, -0.15) is 9.71 Å². The van der Waals surface area contributed by atoms with Gasteiger partial charge in [-0.3, -0.25) is 0 Å². The highest BCUT2D eigenvalue weighted by atomic mass is 35.5. The molecular formula is C15H10Cl3N3O4. The molecule has 0 aliphatic rings. The minimum absolute atomic E-state index is 0.0109. The van der Waals surface area contributed by atoms with Crippen molar-refractivity contribution in [3.63, 3.8) is 0 Å². The van der Waals surface area contributed by atoms with Crippen LogP contribution in [0.25, 0.3) is 22.8 Å². The van der Waals surface area contributed by atoms with E-state index in [9.17, 15) is 15.4 Å². The summed E-state index contributed by atoms with van der Waals surface area (Å²) in [6.07, 6.45) is 0. The number of aromatic hydroxyl groups is 2. The highest BCUT2D eigenvalue weighted by molar-refractivity contribution is 6.34. The van der Waals surface area contributed by atoms with Gasteiger partial charge in [-0.1, -0.05) is 28.4 Å². The summed E-state index contributed by atoms with van der Waals surface area (Å²) in [5.41, 5.74) is 1.29. The number of aromatic nitrogens is 3. The highest BCUT2D eigenvalue weighted by Gasteiger charge is 2.26. The van der Waals surface area contributed by atoms with Crippen LogP contribution in [0.2, 0.25) is 15.2 Å².